The number of β-amino-alcohol motifs (C(OH)–C–C–N with tert-alkyl or cyclic N) is 1. The van der Waals surface area contributed by atoms with Crippen LogP contribution in [0.1, 0.15) is 17.9 Å². The average Bonchev–Trinajstić information content (AvgIpc) is 3.28. The van der Waals surface area contributed by atoms with Crippen LogP contribution in [0.2, 0.25) is 0 Å². The predicted octanol–water partition coefficient (Wildman–Crippen LogP) is 1.07. The summed E-state index contributed by atoms with van der Waals surface area (Å²) in [6.07, 6.45) is 0.761. The van der Waals surface area contributed by atoms with Gasteiger partial charge in [-0.3, -0.25) is 9.69 Å². The van der Waals surface area contributed by atoms with Gasteiger partial charge in [0, 0.05) is 38.6 Å². The van der Waals surface area contributed by atoms with Gasteiger partial charge in [0.2, 0.25) is 5.91 Å². The zero-order valence-electron chi connectivity index (χ0n) is 12.0. The molecule has 1 aromatic carbocycles. The second kappa shape index (κ2) is 6.12. The first-order valence-corrected chi connectivity index (χ1v) is 7.57. The number of piperazine rings is 1. The molecule has 1 aromatic rings. The van der Waals surface area contributed by atoms with Crippen LogP contribution < -0.4 is 0 Å². The molecule has 1 amide bonds. The van der Waals surface area contributed by atoms with Crippen molar-refractivity contribution < 1.29 is 14.3 Å². The Balaban J connectivity index is 1.55. The number of nitrogens with zero attached hydrogens (tertiary/aromatic N) is 2. The van der Waals surface area contributed by atoms with E-state index in [0.29, 0.717) is 25.2 Å². The van der Waals surface area contributed by atoms with Crippen LogP contribution in [0.4, 0.5) is 4.39 Å². The Hall–Kier alpha value is -1.46. The highest BCUT2D eigenvalue weighted by molar-refractivity contribution is 5.83. The van der Waals surface area contributed by atoms with E-state index in [4.69, 9.17) is 5.11 Å². The summed E-state index contributed by atoms with van der Waals surface area (Å²) in [7, 11) is 0. The Bertz CT molecular complexity index is 515. The number of aliphatic hydroxyl groups excluding tert-OH is 1. The van der Waals surface area contributed by atoms with Gasteiger partial charge in [0.15, 0.2) is 0 Å². The van der Waals surface area contributed by atoms with Gasteiger partial charge in [-0.2, -0.15) is 0 Å². The second-order valence-electron chi connectivity index (χ2n) is 5.86. The van der Waals surface area contributed by atoms with Crippen LogP contribution in [0, 0.1) is 11.7 Å². The third-order valence-electron chi connectivity index (χ3n) is 4.51. The third-order valence-corrected chi connectivity index (χ3v) is 4.51. The van der Waals surface area contributed by atoms with E-state index in [1.807, 2.05) is 11.0 Å². The highest BCUT2D eigenvalue weighted by atomic mass is 19.1. The van der Waals surface area contributed by atoms with Gasteiger partial charge in [0.25, 0.3) is 0 Å². The number of rotatable bonds is 4. The van der Waals surface area contributed by atoms with Gasteiger partial charge in [-0.05, 0) is 24.0 Å². The summed E-state index contributed by atoms with van der Waals surface area (Å²) in [6, 6.07) is 6.75. The summed E-state index contributed by atoms with van der Waals surface area (Å²) in [5, 5.41) is 8.92. The monoisotopic (exact) mass is 292 g/mol. The first kappa shape index (κ1) is 14.5. The van der Waals surface area contributed by atoms with Crippen LogP contribution >= 0.6 is 0 Å². The summed E-state index contributed by atoms with van der Waals surface area (Å²) in [5.41, 5.74) is 0.676. The van der Waals surface area contributed by atoms with Crippen LogP contribution in [0.15, 0.2) is 24.3 Å². The van der Waals surface area contributed by atoms with Crippen molar-refractivity contribution >= 4 is 5.91 Å². The van der Waals surface area contributed by atoms with Crippen molar-refractivity contribution in [1.82, 2.24) is 9.80 Å². The number of hydrogen-bond donors (Lipinski definition) is 1. The first-order valence-electron chi connectivity index (χ1n) is 7.57. The Morgan fingerprint density at radius 1 is 1.24 bits per heavy atom. The molecule has 1 saturated heterocycles. The Kier molecular flexibility index (Phi) is 4.22. The number of aliphatic hydroxyl groups is 1. The smallest absolute Gasteiger partial charge is 0.226 e. The molecule has 4 nitrogen and oxygen atoms in total. The van der Waals surface area contributed by atoms with Crippen molar-refractivity contribution in [3.63, 3.8) is 0 Å². The van der Waals surface area contributed by atoms with Crippen molar-refractivity contribution in [3.05, 3.63) is 35.6 Å². The minimum atomic E-state index is -0.203. The van der Waals surface area contributed by atoms with Crippen LogP contribution in [0.3, 0.4) is 0 Å². The maximum atomic E-state index is 13.7. The standard InChI is InChI=1S/C16H21FN2O2/c17-15-4-2-1-3-12(15)13-11-14(13)16(21)19-7-5-18(6-8-19)9-10-20/h1-4,13-14,20H,5-11H2/t13-,14-/m0/s1. The molecule has 3 rings (SSSR count). The number of carbonyl (C=O) groups excluding carboxylic acids is 1. The number of benzene rings is 1. The van der Waals surface area contributed by atoms with Crippen molar-refractivity contribution in [2.45, 2.75) is 12.3 Å². The van der Waals surface area contributed by atoms with Crippen molar-refractivity contribution in [2.75, 3.05) is 39.3 Å². The molecule has 0 radical (unpaired) electrons. The van der Waals surface area contributed by atoms with E-state index >= 15 is 0 Å². The SMILES string of the molecule is O=C([C@H]1C[C@H]1c1ccccc1F)N1CCN(CCO)CC1. The molecule has 21 heavy (non-hydrogen) atoms. The molecule has 1 heterocycles. The van der Waals surface area contributed by atoms with E-state index in [1.165, 1.54) is 6.07 Å². The normalized spacial score (nSPS) is 25.9. The van der Waals surface area contributed by atoms with Crippen LogP contribution in [-0.2, 0) is 4.79 Å². The van der Waals surface area contributed by atoms with Gasteiger partial charge in [-0.15, -0.1) is 0 Å². The summed E-state index contributed by atoms with van der Waals surface area (Å²) in [6.45, 7) is 3.86. The van der Waals surface area contributed by atoms with Crippen LogP contribution in [0.25, 0.3) is 0 Å². The van der Waals surface area contributed by atoms with Crippen LogP contribution in [-0.4, -0.2) is 60.1 Å². The van der Waals surface area contributed by atoms with Crippen molar-refractivity contribution in [1.29, 1.82) is 0 Å². The molecule has 2 fully saturated rings. The lowest BCUT2D eigenvalue weighted by molar-refractivity contribution is -0.134. The lowest BCUT2D eigenvalue weighted by Gasteiger charge is -2.34. The molecule has 0 spiro atoms. The maximum absolute atomic E-state index is 13.7. The van der Waals surface area contributed by atoms with Gasteiger partial charge in [-0.25, -0.2) is 4.39 Å². The Morgan fingerprint density at radius 3 is 2.62 bits per heavy atom. The lowest BCUT2D eigenvalue weighted by atomic mass is 10.1. The number of halogens is 1. The predicted molar refractivity (Wildman–Crippen MR) is 77.4 cm³/mol. The van der Waals surface area contributed by atoms with Crippen molar-refractivity contribution in [3.8, 4) is 0 Å². The number of carbonyl (C=O) groups is 1. The van der Waals surface area contributed by atoms with Crippen molar-refractivity contribution in [2.24, 2.45) is 5.92 Å². The Labute approximate surface area is 124 Å². The Morgan fingerprint density at radius 2 is 1.95 bits per heavy atom. The first-order chi connectivity index (χ1) is 10.2. The maximum Gasteiger partial charge on any atom is 0.226 e. The fourth-order valence-corrected chi connectivity index (χ4v) is 3.16. The molecule has 1 saturated carbocycles. The second-order valence-corrected chi connectivity index (χ2v) is 5.86. The molecule has 1 aliphatic heterocycles. The van der Waals surface area contributed by atoms with Gasteiger partial charge in [0.05, 0.1) is 6.61 Å². The zero-order chi connectivity index (χ0) is 14.8. The molecule has 2 aliphatic rings. The topological polar surface area (TPSA) is 43.8 Å². The average molecular weight is 292 g/mol. The lowest BCUT2D eigenvalue weighted by Crippen LogP contribution is -2.49. The van der Waals surface area contributed by atoms with Gasteiger partial charge < -0.3 is 10.0 Å². The van der Waals surface area contributed by atoms with Crippen LogP contribution in [0.5, 0.6) is 0 Å². The summed E-state index contributed by atoms with van der Waals surface area (Å²) < 4.78 is 13.7. The minimum absolute atomic E-state index is 0.0497. The van der Waals surface area contributed by atoms with E-state index in [-0.39, 0.29) is 30.2 Å². The third kappa shape index (κ3) is 3.09. The number of hydrogen-bond acceptors (Lipinski definition) is 3. The molecular weight excluding hydrogens is 271 g/mol. The molecule has 114 valence electrons. The quantitative estimate of drug-likeness (QED) is 0.902. The molecule has 0 aromatic heterocycles. The largest absolute Gasteiger partial charge is 0.395 e. The fraction of sp³-hybridized carbons (Fsp3) is 0.562. The van der Waals surface area contributed by atoms with E-state index in [1.54, 1.807) is 12.1 Å². The molecule has 0 unspecified atom stereocenters. The highest BCUT2D eigenvalue weighted by Crippen LogP contribution is 2.49. The molecule has 2 atom stereocenters. The molecule has 1 N–H and O–H groups in total. The van der Waals surface area contributed by atoms with E-state index in [9.17, 15) is 9.18 Å². The van der Waals surface area contributed by atoms with Gasteiger partial charge in [0.1, 0.15) is 5.82 Å². The number of amides is 1. The summed E-state index contributed by atoms with van der Waals surface area (Å²) in [5.74, 6) is -0.0436. The minimum Gasteiger partial charge on any atom is -0.395 e. The summed E-state index contributed by atoms with van der Waals surface area (Å²) in [4.78, 5) is 16.5. The molecule has 0 bridgehead atoms. The summed E-state index contributed by atoms with van der Waals surface area (Å²) >= 11 is 0. The highest BCUT2D eigenvalue weighted by Gasteiger charge is 2.47. The van der Waals surface area contributed by atoms with Gasteiger partial charge in [-0.1, -0.05) is 18.2 Å². The van der Waals surface area contributed by atoms with E-state index in [0.717, 1.165) is 19.5 Å². The van der Waals surface area contributed by atoms with Gasteiger partial charge >= 0.3 is 0 Å². The molecule has 5 heteroatoms. The molecule has 1 aliphatic carbocycles. The zero-order valence-corrected chi connectivity index (χ0v) is 12.0. The fourth-order valence-electron chi connectivity index (χ4n) is 3.16. The van der Waals surface area contributed by atoms with E-state index in [2.05, 4.69) is 4.90 Å². The van der Waals surface area contributed by atoms with E-state index < -0.39 is 0 Å². The molecular formula is C16H21FN2O2.